The summed E-state index contributed by atoms with van der Waals surface area (Å²) in [7, 11) is -3.59. The number of sulfonamides is 1. The number of nitrogens with zero attached hydrogens (tertiary/aromatic N) is 2. The summed E-state index contributed by atoms with van der Waals surface area (Å²) in [5, 5.41) is 5.60. The van der Waals surface area contributed by atoms with E-state index < -0.39 is 22.0 Å². The second kappa shape index (κ2) is 9.68. The predicted molar refractivity (Wildman–Crippen MR) is 103 cm³/mol. The van der Waals surface area contributed by atoms with E-state index in [1.54, 1.807) is 6.07 Å². The highest BCUT2D eigenvalue weighted by Gasteiger charge is 2.26. The lowest BCUT2D eigenvalue weighted by atomic mass is 10.2. The van der Waals surface area contributed by atoms with Crippen LogP contribution in [0.4, 0.5) is 4.79 Å². The summed E-state index contributed by atoms with van der Waals surface area (Å²) < 4.78 is 31.6. The highest BCUT2D eigenvalue weighted by atomic mass is 32.2. The summed E-state index contributed by atoms with van der Waals surface area (Å²) in [5.74, 6) is -0.409. The highest BCUT2D eigenvalue weighted by Crippen LogP contribution is 2.20. The van der Waals surface area contributed by atoms with E-state index in [9.17, 15) is 18.0 Å². The van der Waals surface area contributed by atoms with Crippen molar-refractivity contribution in [3.8, 4) is 0 Å². The Morgan fingerprint density at radius 3 is 2.57 bits per heavy atom. The van der Waals surface area contributed by atoms with E-state index in [2.05, 4.69) is 15.6 Å². The third kappa shape index (κ3) is 5.66. The molecule has 9 nitrogen and oxygen atoms in total. The molecule has 0 unspecified atom stereocenters. The number of pyridine rings is 1. The number of hydrogen-bond acceptors (Lipinski definition) is 7. The number of carbonyl (C=O) groups is 2. The summed E-state index contributed by atoms with van der Waals surface area (Å²) >= 11 is 1.14. The van der Waals surface area contributed by atoms with Gasteiger partial charge in [-0.25, -0.2) is 18.2 Å². The van der Waals surface area contributed by atoms with Crippen molar-refractivity contribution < 1.29 is 22.7 Å². The highest BCUT2D eigenvalue weighted by molar-refractivity contribution is 7.99. The number of carbonyl (C=O) groups excluding carboxylic acids is 2. The topological polar surface area (TPSA) is 118 Å². The van der Waals surface area contributed by atoms with Crippen molar-refractivity contribution in [3.63, 3.8) is 0 Å². The van der Waals surface area contributed by atoms with E-state index in [0.717, 1.165) is 37.4 Å². The van der Waals surface area contributed by atoms with Gasteiger partial charge in [0.2, 0.25) is 15.9 Å². The smallest absolute Gasteiger partial charge is 0.321 e. The average Bonchev–Trinajstić information content (AvgIpc) is 3.20. The molecule has 0 bridgehead atoms. The molecule has 154 valence electrons. The first-order valence-electron chi connectivity index (χ1n) is 9.22. The number of thioether (sulfide) groups is 1. The molecule has 1 aliphatic heterocycles. The molecule has 1 aromatic heterocycles. The van der Waals surface area contributed by atoms with Gasteiger partial charge in [0.1, 0.15) is 4.90 Å². The van der Waals surface area contributed by atoms with Gasteiger partial charge in [-0.1, -0.05) is 24.6 Å². The van der Waals surface area contributed by atoms with Crippen LogP contribution in [0.5, 0.6) is 0 Å². The fourth-order valence-corrected chi connectivity index (χ4v) is 5.13. The summed E-state index contributed by atoms with van der Waals surface area (Å²) in [6.45, 7) is 1.40. The van der Waals surface area contributed by atoms with Crippen LogP contribution in [-0.4, -0.2) is 67.7 Å². The zero-order valence-corrected chi connectivity index (χ0v) is 17.1. The van der Waals surface area contributed by atoms with E-state index in [0.29, 0.717) is 31.3 Å². The zero-order valence-electron chi connectivity index (χ0n) is 15.4. The molecule has 1 aromatic rings. The van der Waals surface area contributed by atoms with Crippen LogP contribution in [0, 0.1) is 0 Å². The Morgan fingerprint density at radius 2 is 1.93 bits per heavy atom. The van der Waals surface area contributed by atoms with Crippen LogP contribution < -0.4 is 10.6 Å². The predicted octanol–water partition coefficient (Wildman–Crippen LogP) is 0.963. The molecule has 0 radical (unpaired) electrons. The summed E-state index contributed by atoms with van der Waals surface area (Å²) in [6, 6.07) is 2.70. The fourth-order valence-electron chi connectivity index (χ4n) is 3.13. The molecule has 1 aliphatic carbocycles. The van der Waals surface area contributed by atoms with E-state index in [-0.39, 0.29) is 16.7 Å². The Kier molecular flexibility index (Phi) is 7.27. The van der Waals surface area contributed by atoms with Crippen LogP contribution in [0.2, 0.25) is 0 Å². The minimum atomic E-state index is -3.59. The van der Waals surface area contributed by atoms with Crippen LogP contribution in [0.1, 0.15) is 25.7 Å². The SMILES string of the molecule is O=C(CSc1ccc(S(=O)(=O)N2CCOCC2)cn1)NC(=O)NC1CCCC1. The maximum Gasteiger partial charge on any atom is 0.321 e. The number of hydrogen-bond donors (Lipinski definition) is 2. The molecule has 2 fully saturated rings. The Bertz CT molecular complexity index is 788. The number of urea groups is 1. The van der Waals surface area contributed by atoms with E-state index >= 15 is 0 Å². The van der Waals surface area contributed by atoms with Crippen molar-refractivity contribution >= 4 is 33.7 Å². The average molecular weight is 429 g/mol. The van der Waals surface area contributed by atoms with Gasteiger partial charge in [-0.3, -0.25) is 10.1 Å². The van der Waals surface area contributed by atoms with E-state index in [4.69, 9.17) is 4.74 Å². The summed E-state index contributed by atoms with van der Waals surface area (Å²) in [5.41, 5.74) is 0. The number of rotatable bonds is 6. The fraction of sp³-hybridized carbons (Fsp3) is 0.588. The lowest BCUT2D eigenvalue weighted by Crippen LogP contribution is -2.44. The molecule has 3 amide bonds. The molecule has 1 saturated heterocycles. The van der Waals surface area contributed by atoms with Gasteiger partial charge in [0.15, 0.2) is 0 Å². The summed E-state index contributed by atoms with van der Waals surface area (Å²) in [4.78, 5) is 27.9. The Balaban J connectivity index is 1.47. The second-order valence-electron chi connectivity index (χ2n) is 6.64. The van der Waals surface area contributed by atoms with Crippen LogP contribution in [0.15, 0.2) is 28.3 Å². The van der Waals surface area contributed by atoms with Crippen LogP contribution in [-0.2, 0) is 19.6 Å². The number of amides is 3. The molecule has 0 atom stereocenters. The maximum atomic E-state index is 12.5. The zero-order chi connectivity index (χ0) is 20.0. The minimum absolute atomic E-state index is 0.0145. The largest absolute Gasteiger partial charge is 0.379 e. The Morgan fingerprint density at radius 1 is 1.21 bits per heavy atom. The molecule has 2 N–H and O–H groups in total. The molecule has 3 rings (SSSR count). The molecule has 11 heteroatoms. The molecule has 28 heavy (non-hydrogen) atoms. The lowest BCUT2D eigenvalue weighted by molar-refractivity contribution is -0.117. The van der Waals surface area contributed by atoms with Gasteiger partial charge in [0, 0.05) is 25.3 Å². The van der Waals surface area contributed by atoms with Gasteiger partial charge in [0.05, 0.1) is 24.0 Å². The maximum absolute atomic E-state index is 12.5. The molecule has 1 saturated carbocycles. The van der Waals surface area contributed by atoms with Crippen molar-refractivity contribution in [2.24, 2.45) is 0 Å². The van der Waals surface area contributed by atoms with E-state index in [1.807, 2.05) is 0 Å². The van der Waals surface area contributed by atoms with Gasteiger partial charge in [0.25, 0.3) is 0 Å². The van der Waals surface area contributed by atoms with Crippen LogP contribution in [0.25, 0.3) is 0 Å². The molecule has 0 aromatic carbocycles. The standard InChI is InChI=1S/C17H24N4O5S2/c22-15(20-17(23)19-13-3-1-2-4-13)12-27-16-6-5-14(11-18-16)28(24,25)21-7-9-26-10-8-21/h5-6,11,13H,1-4,7-10,12H2,(H2,19,20,22,23). The Hall–Kier alpha value is -1.69. The number of imide groups is 1. The monoisotopic (exact) mass is 428 g/mol. The molecule has 2 aliphatic rings. The number of aromatic nitrogens is 1. The van der Waals surface area contributed by atoms with Crippen molar-refractivity contribution in [3.05, 3.63) is 18.3 Å². The molecule has 0 spiro atoms. The first-order chi connectivity index (χ1) is 13.4. The third-order valence-electron chi connectivity index (χ3n) is 4.61. The van der Waals surface area contributed by atoms with Crippen molar-refractivity contribution in [1.29, 1.82) is 0 Å². The van der Waals surface area contributed by atoms with Crippen molar-refractivity contribution in [2.75, 3.05) is 32.1 Å². The van der Waals surface area contributed by atoms with E-state index in [1.165, 1.54) is 16.6 Å². The first kappa shape index (κ1) is 21.0. The van der Waals surface area contributed by atoms with Gasteiger partial charge in [-0.05, 0) is 25.0 Å². The minimum Gasteiger partial charge on any atom is -0.379 e. The van der Waals surface area contributed by atoms with Crippen LogP contribution in [0.3, 0.4) is 0 Å². The normalized spacial score (nSPS) is 18.7. The molecule has 2 heterocycles. The van der Waals surface area contributed by atoms with Gasteiger partial charge >= 0.3 is 6.03 Å². The third-order valence-corrected chi connectivity index (χ3v) is 7.44. The first-order valence-corrected chi connectivity index (χ1v) is 11.6. The van der Waals surface area contributed by atoms with Crippen LogP contribution >= 0.6 is 11.8 Å². The number of ether oxygens (including phenoxy) is 1. The van der Waals surface area contributed by atoms with Crippen molar-refractivity contribution in [1.82, 2.24) is 19.9 Å². The molecular weight excluding hydrogens is 404 g/mol. The number of morpholine rings is 1. The summed E-state index contributed by atoms with van der Waals surface area (Å²) in [6.07, 6.45) is 5.37. The van der Waals surface area contributed by atoms with Crippen molar-refractivity contribution in [2.45, 2.75) is 41.6 Å². The van der Waals surface area contributed by atoms with Gasteiger partial charge in [-0.2, -0.15) is 4.31 Å². The second-order valence-corrected chi connectivity index (χ2v) is 9.57. The van der Waals surface area contributed by atoms with Gasteiger partial charge < -0.3 is 10.1 Å². The number of nitrogens with one attached hydrogen (secondary N) is 2. The quantitative estimate of drug-likeness (QED) is 0.648. The van der Waals surface area contributed by atoms with Gasteiger partial charge in [-0.15, -0.1) is 0 Å². The molecular formula is C17H24N4O5S2. The Labute approximate surface area is 168 Å². The lowest BCUT2D eigenvalue weighted by Gasteiger charge is -2.25.